The molecule has 0 spiro atoms. The molecule has 0 amide bonds. The minimum atomic E-state index is -0.180. The van der Waals surface area contributed by atoms with Crippen LogP contribution in [0.5, 0.6) is 5.75 Å². The van der Waals surface area contributed by atoms with Crippen molar-refractivity contribution in [2.75, 3.05) is 20.2 Å². The highest BCUT2D eigenvalue weighted by Gasteiger charge is 2.27. The topological polar surface area (TPSA) is 12.5 Å². The molecule has 2 aromatic carbocycles. The van der Waals surface area contributed by atoms with Crippen molar-refractivity contribution >= 4 is 0 Å². The lowest BCUT2D eigenvalue weighted by molar-refractivity contribution is 0.294. The molecule has 0 bridgehead atoms. The molecule has 0 aliphatic carbocycles. The van der Waals surface area contributed by atoms with E-state index in [0.717, 1.165) is 31.9 Å². The molecule has 4 rings (SSSR count). The number of halogens is 1. The second-order valence-corrected chi connectivity index (χ2v) is 6.06. The van der Waals surface area contributed by atoms with Gasteiger partial charge in [0.25, 0.3) is 0 Å². The maximum Gasteiger partial charge on any atom is 0.123 e. The lowest BCUT2D eigenvalue weighted by Crippen LogP contribution is -2.31. The summed E-state index contributed by atoms with van der Waals surface area (Å²) in [4.78, 5) is 2.33. The van der Waals surface area contributed by atoms with Crippen LogP contribution in [0.15, 0.2) is 36.4 Å². The first-order chi connectivity index (χ1) is 10.2. The first kappa shape index (κ1) is 12.8. The number of hydrogen-bond acceptors (Lipinski definition) is 2. The van der Waals surface area contributed by atoms with Gasteiger partial charge in [-0.2, -0.15) is 0 Å². The van der Waals surface area contributed by atoms with Gasteiger partial charge in [0, 0.05) is 25.4 Å². The molecule has 2 aromatic rings. The molecule has 0 saturated heterocycles. The van der Waals surface area contributed by atoms with Gasteiger partial charge in [0.05, 0.1) is 6.61 Å². The number of hydrogen-bond donors (Lipinski definition) is 0. The summed E-state index contributed by atoms with van der Waals surface area (Å²) in [5, 5.41) is 0. The summed E-state index contributed by atoms with van der Waals surface area (Å²) in [6.07, 6.45) is 1.01. The minimum absolute atomic E-state index is 0.180. The first-order valence-electron chi connectivity index (χ1n) is 7.43. The van der Waals surface area contributed by atoms with Gasteiger partial charge in [-0.25, -0.2) is 4.39 Å². The minimum Gasteiger partial charge on any atom is -0.493 e. The predicted octanol–water partition coefficient (Wildman–Crippen LogP) is 3.34. The molecular formula is C18H18FNO. The molecule has 1 atom stereocenters. The number of fused-ring (bicyclic) bond motifs is 2. The van der Waals surface area contributed by atoms with Crippen LogP contribution in [0.25, 0.3) is 0 Å². The van der Waals surface area contributed by atoms with Crippen LogP contribution >= 0.6 is 0 Å². The van der Waals surface area contributed by atoms with E-state index >= 15 is 0 Å². The van der Waals surface area contributed by atoms with Crippen LogP contribution in [0.3, 0.4) is 0 Å². The van der Waals surface area contributed by atoms with Crippen molar-refractivity contribution in [3.05, 3.63) is 64.5 Å². The van der Waals surface area contributed by atoms with Gasteiger partial charge in [0.1, 0.15) is 11.6 Å². The van der Waals surface area contributed by atoms with Crippen molar-refractivity contribution < 1.29 is 9.13 Å². The number of ether oxygens (including phenoxy) is 1. The zero-order valence-electron chi connectivity index (χ0n) is 12.1. The Hall–Kier alpha value is -1.87. The molecule has 0 radical (unpaired) electrons. The highest BCUT2D eigenvalue weighted by Crippen LogP contribution is 2.38. The van der Waals surface area contributed by atoms with E-state index in [2.05, 4.69) is 24.1 Å². The van der Waals surface area contributed by atoms with Crippen LogP contribution in [0.2, 0.25) is 0 Å². The van der Waals surface area contributed by atoms with Crippen molar-refractivity contribution in [3.8, 4) is 5.75 Å². The van der Waals surface area contributed by atoms with Crippen LogP contribution in [0, 0.1) is 5.82 Å². The molecule has 1 unspecified atom stereocenters. The highest BCUT2D eigenvalue weighted by molar-refractivity contribution is 5.49. The van der Waals surface area contributed by atoms with E-state index in [1.165, 1.54) is 22.3 Å². The molecule has 2 aliphatic rings. The van der Waals surface area contributed by atoms with Crippen LogP contribution in [0.1, 0.15) is 28.2 Å². The Morgan fingerprint density at radius 3 is 2.76 bits per heavy atom. The molecule has 0 fully saturated rings. The Bertz CT molecular complexity index is 680. The van der Waals surface area contributed by atoms with Gasteiger partial charge < -0.3 is 9.64 Å². The van der Waals surface area contributed by atoms with E-state index in [0.29, 0.717) is 0 Å². The van der Waals surface area contributed by atoms with E-state index in [1.807, 2.05) is 12.1 Å². The molecule has 108 valence electrons. The van der Waals surface area contributed by atoms with Gasteiger partial charge in [0.2, 0.25) is 0 Å². The Morgan fingerprint density at radius 2 is 1.95 bits per heavy atom. The Morgan fingerprint density at radius 1 is 1.14 bits per heavy atom. The van der Waals surface area contributed by atoms with Gasteiger partial charge in [0.15, 0.2) is 0 Å². The standard InChI is InChI=1S/C18H18FNO/c1-20-10-14-8-13-6-7-21-18(13)9-16(14)17(11-20)12-2-4-15(19)5-3-12/h2-5,8-9,17H,6-7,10-11H2,1H3. The molecule has 0 saturated carbocycles. The van der Waals surface area contributed by atoms with Crippen LogP contribution in [-0.2, 0) is 13.0 Å². The SMILES string of the molecule is CN1Cc2cc3c(cc2C(c2ccc(F)cc2)C1)OCC3. The summed E-state index contributed by atoms with van der Waals surface area (Å²) >= 11 is 0. The van der Waals surface area contributed by atoms with E-state index < -0.39 is 0 Å². The number of nitrogens with zero attached hydrogens (tertiary/aromatic N) is 1. The van der Waals surface area contributed by atoms with Gasteiger partial charge in [-0.15, -0.1) is 0 Å². The zero-order chi connectivity index (χ0) is 14.4. The van der Waals surface area contributed by atoms with Crippen molar-refractivity contribution in [1.82, 2.24) is 4.90 Å². The van der Waals surface area contributed by atoms with Crippen molar-refractivity contribution in [2.45, 2.75) is 18.9 Å². The van der Waals surface area contributed by atoms with Gasteiger partial charge in [-0.3, -0.25) is 0 Å². The first-order valence-corrected chi connectivity index (χ1v) is 7.43. The maximum atomic E-state index is 13.2. The number of rotatable bonds is 1. The van der Waals surface area contributed by atoms with Crippen LogP contribution in [-0.4, -0.2) is 25.1 Å². The van der Waals surface area contributed by atoms with E-state index in [9.17, 15) is 4.39 Å². The van der Waals surface area contributed by atoms with Crippen LogP contribution < -0.4 is 4.74 Å². The second-order valence-electron chi connectivity index (χ2n) is 6.06. The number of likely N-dealkylation sites (N-methyl/N-ethyl adjacent to an activating group) is 1. The van der Waals surface area contributed by atoms with Gasteiger partial charge in [-0.05, 0) is 47.5 Å². The van der Waals surface area contributed by atoms with Gasteiger partial charge in [-0.1, -0.05) is 18.2 Å². The summed E-state index contributed by atoms with van der Waals surface area (Å²) in [5.41, 5.74) is 5.20. The number of benzene rings is 2. The lowest BCUT2D eigenvalue weighted by atomic mass is 9.84. The summed E-state index contributed by atoms with van der Waals surface area (Å²) in [6, 6.07) is 11.4. The molecule has 0 N–H and O–H groups in total. The highest BCUT2D eigenvalue weighted by atomic mass is 19.1. The second kappa shape index (κ2) is 4.85. The monoisotopic (exact) mass is 283 g/mol. The third-order valence-electron chi connectivity index (χ3n) is 4.53. The van der Waals surface area contributed by atoms with Crippen molar-refractivity contribution in [2.24, 2.45) is 0 Å². The normalized spacial score (nSPS) is 20.8. The summed E-state index contributed by atoms with van der Waals surface area (Å²) in [7, 11) is 2.14. The summed E-state index contributed by atoms with van der Waals surface area (Å²) in [5.74, 6) is 1.14. The summed E-state index contributed by atoms with van der Waals surface area (Å²) < 4.78 is 18.9. The molecule has 21 heavy (non-hydrogen) atoms. The molecule has 2 nitrogen and oxygen atoms in total. The predicted molar refractivity (Wildman–Crippen MR) is 80.2 cm³/mol. The average molecular weight is 283 g/mol. The third-order valence-corrected chi connectivity index (χ3v) is 4.53. The molecular weight excluding hydrogens is 265 g/mol. The quantitative estimate of drug-likeness (QED) is 0.796. The van der Waals surface area contributed by atoms with Crippen molar-refractivity contribution in [3.63, 3.8) is 0 Å². The smallest absolute Gasteiger partial charge is 0.123 e. The molecule has 3 heteroatoms. The third kappa shape index (κ3) is 2.22. The zero-order valence-corrected chi connectivity index (χ0v) is 12.1. The molecule has 0 aromatic heterocycles. The van der Waals surface area contributed by atoms with Gasteiger partial charge >= 0.3 is 0 Å². The Labute approximate surface area is 124 Å². The largest absolute Gasteiger partial charge is 0.493 e. The fourth-order valence-electron chi connectivity index (χ4n) is 3.50. The van der Waals surface area contributed by atoms with Crippen LogP contribution in [0.4, 0.5) is 4.39 Å². The van der Waals surface area contributed by atoms with Crippen molar-refractivity contribution in [1.29, 1.82) is 0 Å². The van der Waals surface area contributed by atoms with E-state index in [4.69, 9.17) is 4.74 Å². The summed E-state index contributed by atoms with van der Waals surface area (Å²) in [6.45, 7) is 2.72. The fourth-order valence-corrected chi connectivity index (χ4v) is 3.50. The molecule has 2 aliphatic heterocycles. The fraction of sp³-hybridized carbons (Fsp3) is 0.333. The Kier molecular flexibility index (Phi) is 2.96. The Balaban J connectivity index is 1.81. The van der Waals surface area contributed by atoms with E-state index in [1.54, 1.807) is 12.1 Å². The van der Waals surface area contributed by atoms with E-state index in [-0.39, 0.29) is 11.7 Å². The average Bonchev–Trinajstić information content (AvgIpc) is 2.92. The molecule has 2 heterocycles. The maximum absolute atomic E-state index is 13.2. The lowest BCUT2D eigenvalue weighted by Gasteiger charge is -2.33.